The maximum absolute atomic E-state index is 13.0. The fourth-order valence-corrected chi connectivity index (χ4v) is 3.04. The molecule has 0 saturated carbocycles. The second kappa shape index (κ2) is 11.9. The van der Waals surface area contributed by atoms with Crippen LogP contribution in [0.3, 0.4) is 0 Å². The summed E-state index contributed by atoms with van der Waals surface area (Å²) >= 11 is 0. The first-order valence-corrected chi connectivity index (χ1v) is 10.3. The normalized spacial score (nSPS) is 11.1. The Labute approximate surface area is 197 Å². The van der Waals surface area contributed by atoms with Gasteiger partial charge in [-0.3, -0.25) is 9.59 Å². The molecule has 0 aliphatic rings. The van der Waals surface area contributed by atoms with Crippen LogP contribution >= 0.6 is 0 Å². The molecule has 0 atom stereocenters. The Morgan fingerprint density at radius 1 is 0.794 bits per heavy atom. The zero-order valence-electron chi connectivity index (χ0n) is 19.1. The number of para-hydroxylation sites is 1. The molecule has 8 nitrogen and oxygen atoms in total. The number of carbonyl (C=O) groups excluding carboxylic acids is 2. The quantitative estimate of drug-likeness (QED) is 0.289. The third kappa shape index (κ3) is 6.23. The van der Waals surface area contributed by atoms with Crippen molar-refractivity contribution >= 4 is 24.1 Å². The first-order valence-electron chi connectivity index (χ1n) is 10.3. The molecule has 0 saturated heterocycles. The van der Waals surface area contributed by atoms with Crippen LogP contribution in [-0.2, 0) is 4.79 Å². The van der Waals surface area contributed by atoms with E-state index in [0.717, 1.165) is 0 Å². The number of amides is 2. The number of ether oxygens (including phenoxy) is 3. The van der Waals surface area contributed by atoms with E-state index in [0.29, 0.717) is 33.9 Å². The van der Waals surface area contributed by atoms with Crippen LogP contribution in [0.1, 0.15) is 21.5 Å². The molecule has 3 rings (SSSR count). The van der Waals surface area contributed by atoms with Crippen LogP contribution in [0.2, 0.25) is 0 Å². The molecule has 2 amide bonds. The van der Waals surface area contributed by atoms with Gasteiger partial charge in [0.05, 0.1) is 27.5 Å². The highest BCUT2D eigenvalue weighted by molar-refractivity contribution is 6.05. The number of nitrogens with zero attached hydrogens (tertiary/aromatic N) is 1. The third-order valence-electron chi connectivity index (χ3n) is 4.77. The Hall–Kier alpha value is -4.59. The molecule has 0 unspecified atom stereocenters. The first kappa shape index (κ1) is 24.1. The summed E-state index contributed by atoms with van der Waals surface area (Å²) in [6, 6.07) is 20.9. The van der Waals surface area contributed by atoms with E-state index in [2.05, 4.69) is 15.8 Å². The highest BCUT2D eigenvalue weighted by atomic mass is 16.5. The molecular weight excluding hydrogens is 434 g/mol. The number of nitrogens with one attached hydrogen (secondary N) is 2. The van der Waals surface area contributed by atoms with Gasteiger partial charge in [-0.25, -0.2) is 5.43 Å². The van der Waals surface area contributed by atoms with Crippen molar-refractivity contribution in [2.45, 2.75) is 0 Å². The van der Waals surface area contributed by atoms with Gasteiger partial charge in [-0.15, -0.1) is 0 Å². The lowest BCUT2D eigenvalue weighted by molar-refractivity contribution is -0.117. The lowest BCUT2D eigenvalue weighted by atomic mass is 10.1. The van der Waals surface area contributed by atoms with E-state index < -0.39 is 11.8 Å². The zero-order chi connectivity index (χ0) is 24.3. The van der Waals surface area contributed by atoms with Gasteiger partial charge in [0.25, 0.3) is 11.8 Å². The molecule has 0 radical (unpaired) electrons. The van der Waals surface area contributed by atoms with Crippen molar-refractivity contribution in [2.75, 3.05) is 21.3 Å². The largest absolute Gasteiger partial charge is 0.497 e. The summed E-state index contributed by atoms with van der Waals surface area (Å²) < 4.78 is 15.9. The minimum Gasteiger partial charge on any atom is -0.497 e. The SMILES string of the molecule is COc1ccc(OC)c(/C=C(\NC(=O)c2ccccc2)C(=O)N/N=C\c2ccccc2OC)c1. The molecule has 3 aromatic carbocycles. The Kier molecular flexibility index (Phi) is 8.40. The van der Waals surface area contributed by atoms with Gasteiger partial charge in [0.2, 0.25) is 0 Å². The molecule has 0 spiro atoms. The lowest BCUT2D eigenvalue weighted by Crippen LogP contribution is -2.32. The Balaban J connectivity index is 1.91. The predicted molar refractivity (Wildman–Crippen MR) is 130 cm³/mol. The lowest BCUT2D eigenvalue weighted by Gasteiger charge is -2.12. The third-order valence-corrected chi connectivity index (χ3v) is 4.77. The summed E-state index contributed by atoms with van der Waals surface area (Å²) in [4.78, 5) is 25.8. The summed E-state index contributed by atoms with van der Waals surface area (Å²) in [7, 11) is 4.60. The molecule has 0 aliphatic carbocycles. The molecule has 174 valence electrons. The minimum atomic E-state index is -0.625. The number of hydrogen-bond acceptors (Lipinski definition) is 6. The Morgan fingerprint density at radius 3 is 2.18 bits per heavy atom. The topological polar surface area (TPSA) is 98.2 Å². The second-order valence-electron chi connectivity index (χ2n) is 6.93. The summed E-state index contributed by atoms with van der Waals surface area (Å²) in [5.74, 6) is 0.598. The summed E-state index contributed by atoms with van der Waals surface area (Å²) in [5, 5.41) is 6.67. The molecule has 8 heteroatoms. The first-order chi connectivity index (χ1) is 16.5. The maximum Gasteiger partial charge on any atom is 0.287 e. The number of methoxy groups -OCH3 is 3. The highest BCUT2D eigenvalue weighted by Gasteiger charge is 2.16. The van der Waals surface area contributed by atoms with E-state index >= 15 is 0 Å². The molecule has 34 heavy (non-hydrogen) atoms. The average molecular weight is 460 g/mol. The molecule has 0 bridgehead atoms. The number of benzene rings is 3. The molecule has 0 fully saturated rings. The highest BCUT2D eigenvalue weighted by Crippen LogP contribution is 2.26. The Bertz CT molecular complexity index is 1210. The zero-order valence-corrected chi connectivity index (χ0v) is 19.1. The van der Waals surface area contributed by atoms with Gasteiger partial charge in [0, 0.05) is 16.7 Å². The van der Waals surface area contributed by atoms with Gasteiger partial charge in [-0.05, 0) is 48.5 Å². The van der Waals surface area contributed by atoms with Gasteiger partial charge in [0.15, 0.2) is 0 Å². The fraction of sp³-hybridized carbons (Fsp3) is 0.115. The molecule has 0 aromatic heterocycles. The molecule has 0 heterocycles. The van der Waals surface area contributed by atoms with Crippen molar-refractivity contribution in [3.05, 3.63) is 95.2 Å². The number of carbonyl (C=O) groups is 2. The van der Waals surface area contributed by atoms with Crippen LogP contribution in [0.25, 0.3) is 6.08 Å². The van der Waals surface area contributed by atoms with Crippen LogP contribution < -0.4 is 25.0 Å². The van der Waals surface area contributed by atoms with Crippen molar-refractivity contribution in [3.8, 4) is 17.2 Å². The van der Waals surface area contributed by atoms with E-state index in [1.54, 1.807) is 67.8 Å². The van der Waals surface area contributed by atoms with E-state index in [4.69, 9.17) is 14.2 Å². The van der Waals surface area contributed by atoms with E-state index in [1.165, 1.54) is 26.5 Å². The maximum atomic E-state index is 13.0. The summed E-state index contributed by atoms with van der Waals surface area (Å²) in [6.07, 6.45) is 2.95. The molecule has 0 aliphatic heterocycles. The average Bonchev–Trinajstić information content (AvgIpc) is 2.88. The van der Waals surface area contributed by atoms with Crippen molar-refractivity contribution in [1.82, 2.24) is 10.7 Å². The van der Waals surface area contributed by atoms with Gasteiger partial charge >= 0.3 is 0 Å². The Morgan fingerprint density at radius 2 is 1.47 bits per heavy atom. The van der Waals surface area contributed by atoms with Crippen molar-refractivity contribution in [2.24, 2.45) is 5.10 Å². The van der Waals surface area contributed by atoms with Crippen molar-refractivity contribution in [3.63, 3.8) is 0 Å². The van der Waals surface area contributed by atoms with Crippen LogP contribution in [-0.4, -0.2) is 39.4 Å². The van der Waals surface area contributed by atoms with Gasteiger partial charge in [-0.2, -0.15) is 5.10 Å². The number of rotatable bonds is 9. The number of hydrazone groups is 1. The predicted octanol–water partition coefficient (Wildman–Crippen LogP) is 3.63. The summed E-state index contributed by atoms with van der Waals surface area (Å²) in [5.41, 5.74) is 4.03. The van der Waals surface area contributed by atoms with E-state index in [-0.39, 0.29) is 5.70 Å². The van der Waals surface area contributed by atoms with Crippen LogP contribution in [0.4, 0.5) is 0 Å². The molecule has 3 aromatic rings. The minimum absolute atomic E-state index is 0.0300. The van der Waals surface area contributed by atoms with E-state index in [1.807, 2.05) is 12.1 Å². The van der Waals surface area contributed by atoms with Crippen LogP contribution in [0, 0.1) is 0 Å². The smallest absolute Gasteiger partial charge is 0.287 e. The second-order valence-corrected chi connectivity index (χ2v) is 6.93. The van der Waals surface area contributed by atoms with Gasteiger partial charge < -0.3 is 19.5 Å². The van der Waals surface area contributed by atoms with Crippen LogP contribution in [0.15, 0.2) is 83.6 Å². The van der Waals surface area contributed by atoms with E-state index in [9.17, 15) is 9.59 Å². The number of hydrogen-bond donors (Lipinski definition) is 2. The summed E-state index contributed by atoms with van der Waals surface area (Å²) in [6.45, 7) is 0. The van der Waals surface area contributed by atoms with Crippen molar-refractivity contribution < 1.29 is 23.8 Å². The molecular formula is C26H25N3O5. The van der Waals surface area contributed by atoms with Gasteiger partial charge in [0.1, 0.15) is 22.9 Å². The van der Waals surface area contributed by atoms with Crippen molar-refractivity contribution in [1.29, 1.82) is 0 Å². The fourth-order valence-electron chi connectivity index (χ4n) is 3.04. The molecule has 2 N–H and O–H groups in total. The monoisotopic (exact) mass is 459 g/mol. The van der Waals surface area contributed by atoms with Crippen LogP contribution in [0.5, 0.6) is 17.2 Å². The van der Waals surface area contributed by atoms with Gasteiger partial charge in [-0.1, -0.05) is 30.3 Å². The standard InChI is InChI=1S/C26H25N3O5/c1-32-21-13-14-24(34-3)20(15-21)16-22(28-25(30)18-9-5-4-6-10-18)26(31)29-27-17-19-11-7-8-12-23(19)33-2/h4-17H,1-3H3,(H,28,30)(H,29,31)/b22-16-,27-17-.